The first kappa shape index (κ1) is 18.5. The number of hydrogen-bond donors (Lipinski definition) is 1. The van der Waals surface area contributed by atoms with Gasteiger partial charge in [0.05, 0.1) is 28.2 Å². The lowest BCUT2D eigenvalue weighted by atomic mass is 10.2. The monoisotopic (exact) mass is 386 g/mol. The Hall–Kier alpha value is -2.32. The van der Waals surface area contributed by atoms with Crippen molar-refractivity contribution in [3.05, 3.63) is 59.9 Å². The molecule has 0 radical (unpaired) electrons. The zero-order valence-corrected chi connectivity index (χ0v) is 16.1. The number of nitrogens with one attached hydrogen (secondary N) is 1. The van der Waals surface area contributed by atoms with E-state index in [-0.39, 0.29) is 5.91 Å². The van der Waals surface area contributed by atoms with E-state index in [2.05, 4.69) is 27.4 Å². The van der Waals surface area contributed by atoms with Gasteiger partial charge in [0.15, 0.2) is 5.82 Å². The minimum atomic E-state index is -0.174. The van der Waals surface area contributed by atoms with Crippen LogP contribution in [0.25, 0.3) is 0 Å². The predicted molar refractivity (Wildman–Crippen MR) is 104 cm³/mol. The van der Waals surface area contributed by atoms with Crippen molar-refractivity contribution >= 4 is 35.1 Å². The summed E-state index contributed by atoms with van der Waals surface area (Å²) in [5.74, 6) is 2.44. The summed E-state index contributed by atoms with van der Waals surface area (Å²) in [4.78, 5) is 22.0. The van der Waals surface area contributed by atoms with Crippen LogP contribution in [0.15, 0.2) is 57.0 Å². The lowest BCUT2D eigenvalue weighted by Gasteiger charge is -2.09. The quantitative estimate of drug-likeness (QED) is 0.602. The van der Waals surface area contributed by atoms with Crippen molar-refractivity contribution in [2.75, 3.05) is 11.1 Å². The molecule has 3 rings (SSSR count). The highest BCUT2D eigenvalue weighted by Crippen LogP contribution is 2.26. The van der Waals surface area contributed by atoms with E-state index in [4.69, 9.17) is 4.52 Å². The van der Waals surface area contributed by atoms with Gasteiger partial charge >= 0.3 is 0 Å². The van der Waals surface area contributed by atoms with Crippen LogP contribution in [0.2, 0.25) is 0 Å². The highest BCUT2D eigenvalue weighted by atomic mass is 32.2. The second kappa shape index (κ2) is 8.86. The Labute approximate surface area is 160 Å². The molecular formula is C18H18N4O2S2. The predicted octanol–water partition coefficient (Wildman–Crippen LogP) is 4.43. The number of benzene rings is 1. The Morgan fingerprint density at radius 2 is 2.04 bits per heavy atom. The van der Waals surface area contributed by atoms with Gasteiger partial charge in [0.25, 0.3) is 5.91 Å². The van der Waals surface area contributed by atoms with Crippen LogP contribution in [0.5, 0.6) is 0 Å². The molecule has 0 aliphatic carbocycles. The lowest BCUT2D eigenvalue weighted by molar-refractivity contribution is 0.102. The SMILES string of the molecule is CCSc1ccc(NC(=O)c2ccccc2SCc2nc(C)no2)cn1. The molecule has 0 spiro atoms. The number of nitrogens with zero attached hydrogens (tertiary/aromatic N) is 3. The summed E-state index contributed by atoms with van der Waals surface area (Å²) < 4.78 is 5.12. The fourth-order valence-electron chi connectivity index (χ4n) is 2.20. The van der Waals surface area contributed by atoms with E-state index < -0.39 is 0 Å². The summed E-state index contributed by atoms with van der Waals surface area (Å²) in [6.45, 7) is 3.85. The summed E-state index contributed by atoms with van der Waals surface area (Å²) >= 11 is 3.15. The molecule has 0 aliphatic rings. The third-order valence-electron chi connectivity index (χ3n) is 3.34. The minimum absolute atomic E-state index is 0.174. The average molecular weight is 387 g/mol. The van der Waals surface area contributed by atoms with Crippen LogP contribution in [-0.2, 0) is 5.75 Å². The molecule has 0 saturated heterocycles. The second-order valence-electron chi connectivity index (χ2n) is 5.29. The van der Waals surface area contributed by atoms with Gasteiger partial charge in [-0.15, -0.1) is 23.5 Å². The average Bonchev–Trinajstić information content (AvgIpc) is 3.07. The summed E-state index contributed by atoms with van der Waals surface area (Å²) in [5, 5.41) is 7.61. The molecule has 1 aromatic carbocycles. The van der Waals surface area contributed by atoms with Crippen molar-refractivity contribution in [3.63, 3.8) is 0 Å². The van der Waals surface area contributed by atoms with Crippen LogP contribution >= 0.6 is 23.5 Å². The molecule has 8 heteroatoms. The standard InChI is InChI=1S/C18H18N4O2S2/c1-3-25-17-9-8-13(10-19-17)21-18(23)14-6-4-5-7-15(14)26-11-16-20-12(2)22-24-16/h4-10H,3,11H2,1-2H3,(H,21,23). The molecule has 3 aromatic rings. The molecule has 0 saturated carbocycles. The normalized spacial score (nSPS) is 10.7. The van der Waals surface area contributed by atoms with Crippen molar-refractivity contribution in [2.24, 2.45) is 0 Å². The third-order valence-corrected chi connectivity index (χ3v) is 5.22. The van der Waals surface area contributed by atoms with Crippen LogP contribution in [0.4, 0.5) is 5.69 Å². The van der Waals surface area contributed by atoms with Gasteiger partial charge < -0.3 is 9.84 Å². The highest BCUT2D eigenvalue weighted by Gasteiger charge is 2.13. The zero-order chi connectivity index (χ0) is 18.4. The molecule has 0 fully saturated rings. The number of aryl methyl sites for hydroxylation is 1. The first-order valence-corrected chi connectivity index (χ1v) is 10.0. The van der Waals surface area contributed by atoms with Crippen LogP contribution in [0.3, 0.4) is 0 Å². The summed E-state index contributed by atoms with van der Waals surface area (Å²) in [6, 6.07) is 11.2. The molecule has 0 aliphatic heterocycles. The highest BCUT2D eigenvalue weighted by molar-refractivity contribution is 7.99. The molecule has 0 bridgehead atoms. The van der Waals surface area contributed by atoms with Gasteiger partial charge in [-0.25, -0.2) is 4.98 Å². The Morgan fingerprint density at radius 1 is 1.19 bits per heavy atom. The van der Waals surface area contributed by atoms with E-state index in [1.54, 1.807) is 30.9 Å². The first-order valence-electron chi connectivity index (χ1n) is 8.07. The Kier molecular flexibility index (Phi) is 6.30. The van der Waals surface area contributed by atoms with Crippen molar-refractivity contribution in [1.82, 2.24) is 15.1 Å². The molecule has 0 atom stereocenters. The van der Waals surface area contributed by atoms with Crippen LogP contribution in [0, 0.1) is 6.92 Å². The van der Waals surface area contributed by atoms with Crippen molar-refractivity contribution < 1.29 is 9.32 Å². The second-order valence-corrected chi connectivity index (χ2v) is 7.59. The molecule has 26 heavy (non-hydrogen) atoms. The minimum Gasteiger partial charge on any atom is -0.338 e. The number of anilines is 1. The number of carbonyl (C=O) groups excluding carboxylic acids is 1. The Morgan fingerprint density at radius 3 is 2.73 bits per heavy atom. The van der Waals surface area contributed by atoms with E-state index >= 15 is 0 Å². The number of rotatable bonds is 7. The van der Waals surface area contributed by atoms with Gasteiger partial charge in [0.1, 0.15) is 0 Å². The number of aromatic nitrogens is 3. The Balaban J connectivity index is 1.68. The van der Waals surface area contributed by atoms with Crippen LogP contribution < -0.4 is 5.32 Å². The summed E-state index contributed by atoms with van der Waals surface area (Å²) in [6.07, 6.45) is 1.67. The van der Waals surface area contributed by atoms with Gasteiger partial charge in [0.2, 0.25) is 5.89 Å². The molecule has 2 aromatic heterocycles. The van der Waals surface area contributed by atoms with Crippen LogP contribution in [0.1, 0.15) is 29.0 Å². The Bertz CT molecular complexity index is 881. The van der Waals surface area contributed by atoms with Crippen molar-refractivity contribution in [2.45, 2.75) is 29.5 Å². The fraction of sp³-hybridized carbons (Fsp3) is 0.222. The maximum absolute atomic E-state index is 12.7. The van der Waals surface area contributed by atoms with Crippen LogP contribution in [-0.4, -0.2) is 26.8 Å². The van der Waals surface area contributed by atoms with E-state index in [1.165, 1.54) is 11.8 Å². The van der Waals surface area contributed by atoms with E-state index in [9.17, 15) is 4.79 Å². The van der Waals surface area contributed by atoms with E-state index in [0.717, 1.165) is 15.7 Å². The van der Waals surface area contributed by atoms with Gasteiger partial charge in [-0.2, -0.15) is 4.98 Å². The van der Waals surface area contributed by atoms with Gasteiger partial charge in [0, 0.05) is 4.90 Å². The first-order chi connectivity index (χ1) is 12.7. The molecular weight excluding hydrogens is 368 g/mol. The lowest BCUT2D eigenvalue weighted by Crippen LogP contribution is -2.13. The third kappa shape index (κ3) is 4.86. The molecule has 1 amide bonds. The number of amides is 1. The topological polar surface area (TPSA) is 80.9 Å². The fourth-order valence-corrected chi connectivity index (χ4v) is 3.68. The smallest absolute Gasteiger partial charge is 0.256 e. The zero-order valence-electron chi connectivity index (χ0n) is 14.4. The molecule has 2 heterocycles. The molecule has 1 N–H and O–H groups in total. The maximum Gasteiger partial charge on any atom is 0.256 e. The largest absolute Gasteiger partial charge is 0.338 e. The van der Waals surface area contributed by atoms with Gasteiger partial charge in [-0.3, -0.25) is 4.79 Å². The van der Waals surface area contributed by atoms with Gasteiger partial charge in [-0.05, 0) is 36.9 Å². The number of carbonyl (C=O) groups is 1. The molecule has 0 unspecified atom stereocenters. The van der Waals surface area contributed by atoms with Crippen molar-refractivity contribution in [3.8, 4) is 0 Å². The number of hydrogen-bond acceptors (Lipinski definition) is 7. The molecule has 134 valence electrons. The number of pyridine rings is 1. The van der Waals surface area contributed by atoms with Gasteiger partial charge in [-0.1, -0.05) is 24.2 Å². The maximum atomic E-state index is 12.7. The summed E-state index contributed by atoms with van der Waals surface area (Å²) in [7, 11) is 0. The molecule has 6 nitrogen and oxygen atoms in total. The van der Waals surface area contributed by atoms with E-state index in [0.29, 0.717) is 28.7 Å². The van der Waals surface area contributed by atoms with Crippen molar-refractivity contribution in [1.29, 1.82) is 0 Å². The van der Waals surface area contributed by atoms with E-state index in [1.807, 2.05) is 30.3 Å². The summed E-state index contributed by atoms with van der Waals surface area (Å²) in [5.41, 5.74) is 1.27. The number of thioether (sulfide) groups is 2.